The molecule has 124 valence electrons. The number of benzene rings is 2. The van der Waals surface area contributed by atoms with Gasteiger partial charge in [0.2, 0.25) is 0 Å². The van der Waals surface area contributed by atoms with Gasteiger partial charge in [-0.05, 0) is 30.3 Å². The minimum Gasteiger partial charge on any atom is -0.478 e. The van der Waals surface area contributed by atoms with Crippen LogP contribution in [0.3, 0.4) is 0 Å². The predicted octanol–water partition coefficient (Wildman–Crippen LogP) is 2.94. The van der Waals surface area contributed by atoms with Crippen molar-refractivity contribution in [3.63, 3.8) is 0 Å². The maximum absolute atomic E-state index is 12.4. The van der Waals surface area contributed by atoms with E-state index < -0.39 is 5.97 Å². The molecule has 6 heteroatoms. The highest BCUT2D eigenvalue weighted by molar-refractivity contribution is 6.00. The number of hydrogen-bond donors (Lipinski definition) is 2. The van der Waals surface area contributed by atoms with Crippen LogP contribution >= 0.6 is 0 Å². The second-order valence-corrected chi connectivity index (χ2v) is 5.20. The molecule has 0 aliphatic rings. The highest BCUT2D eigenvalue weighted by atomic mass is 16.4. The minimum atomic E-state index is -1.05. The monoisotopic (exact) mass is 333 g/mol. The average molecular weight is 333 g/mol. The maximum atomic E-state index is 12.4. The number of carbonyl (C=O) groups is 2. The SMILES string of the molecule is O=C(O)c1ccccc1C=NNC(=O)c1ccccc1-n1cccc1. The summed E-state index contributed by atoms with van der Waals surface area (Å²) in [6.07, 6.45) is 5.01. The first-order valence-corrected chi connectivity index (χ1v) is 7.55. The molecule has 0 aliphatic carbocycles. The fourth-order valence-electron chi connectivity index (χ4n) is 2.41. The molecule has 0 fully saturated rings. The van der Waals surface area contributed by atoms with Crippen molar-refractivity contribution in [3.8, 4) is 5.69 Å². The normalized spacial score (nSPS) is 10.7. The molecule has 3 aromatic rings. The van der Waals surface area contributed by atoms with Gasteiger partial charge in [-0.2, -0.15) is 5.10 Å². The second-order valence-electron chi connectivity index (χ2n) is 5.20. The molecule has 3 rings (SSSR count). The Kier molecular flexibility index (Phi) is 4.71. The number of hydrazone groups is 1. The lowest BCUT2D eigenvalue weighted by atomic mass is 10.1. The number of para-hydroxylation sites is 1. The van der Waals surface area contributed by atoms with E-state index in [1.807, 2.05) is 41.2 Å². The molecule has 0 unspecified atom stereocenters. The first kappa shape index (κ1) is 16.2. The van der Waals surface area contributed by atoms with Gasteiger partial charge in [0, 0.05) is 18.0 Å². The quantitative estimate of drug-likeness (QED) is 0.556. The summed E-state index contributed by atoms with van der Waals surface area (Å²) in [5.41, 5.74) is 4.16. The van der Waals surface area contributed by atoms with Crippen molar-refractivity contribution in [2.75, 3.05) is 0 Å². The van der Waals surface area contributed by atoms with Crippen LogP contribution in [-0.4, -0.2) is 27.8 Å². The topological polar surface area (TPSA) is 83.7 Å². The van der Waals surface area contributed by atoms with Gasteiger partial charge in [-0.1, -0.05) is 30.3 Å². The van der Waals surface area contributed by atoms with Crippen LogP contribution in [0.15, 0.2) is 78.2 Å². The number of carboxylic acid groups (broad SMARTS) is 1. The van der Waals surface area contributed by atoms with Crippen molar-refractivity contribution in [1.82, 2.24) is 9.99 Å². The van der Waals surface area contributed by atoms with Crippen molar-refractivity contribution < 1.29 is 14.7 Å². The molecular formula is C19H15N3O3. The molecular weight excluding hydrogens is 318 g/mol. The Labute approximate surface area is 144 Å². The molecule has 25 heavy (non-hydrogen) atoms. The first-order valence-electron chi connectivity index (χ1n) is 7.55. The summed E-state index contributed by atoms with van der Waals surface area (Å²) in [5.74, 6) is -1.43. The molecule has 0 radical (unpaired) electrons. The van der Waals surface area contributed by atoms with Gasteiger partial charge in [0.15, 0.2) is 0 Å². The number of nitrogens with zero attached hydrogens (tertiary/aromatic N) is 2. The number of carbonyl (C=O) groups excluding carboxylic acids is 1. The number of aromatic nitrogens is 1. The number of carboxylic acids is 1. The van der Waals surface area contributed by atoms with Crippen LogP contribution in [-0.2, 0) is 0 Å². The van der Waals surface area contributed by atoms with Gasteiger partial charge in [-0.15, -0.1) is 0 Å². The van der Waals surface area contributed by atoms with Crippen LogP contribution in [0.1, 0.15) is 26.3 Å². The summed E-state index contributed by atoms with van der Waals surface area (Å²) in [6, 6.07) is 17.3. The fraction of sp³-hybridized carbons (Fsp3) is 0. The van der Waals surface area contributed by atoms with Crippen LogP contribution in [0, 0.1) is 0 Å². The zero-order chi connectivity index (χ0) is 17.6. The number of aromatic carboxylic acids is 1. The van der Waals surface area contributed by atoms with Crippen LogP contribution in [0.25, 0.3) is 5.69 Å². The molecule has 2 N–H and O–H groups in total. The molecule has 0 bridgehead atoms. The molecule has 0 atom stereocenters. The van der Waals surface area contributed by atoms with E-state index in [0.29, 0.717) is 11.1 Å². The van der Waals surface area contributed by atoms with Crippen LogP contribution < -0.4 is 5.43 Å². The number of amides is 1. The fourth-order valence-corrected chi connectivity index (χ4v) is 2.41. The minimum absolute atomic E-state index is 0.119. The Morgan fingerprint density at radius 3 is 2.28 bits per heavy atom. The van der Waals surface area contributed by atoms with Crippen molar-refractivity contribution in [1.29, 1.82) is 0 Å². The zero-order valence-corrected chi connectivity index (χ0v) is 13.2. The van der Waals surface area contributed by atoms with Crippen LogP contribution in [0.5, 0.6) is 0 Å². The van der Waals surface area contributed by atoms with Gasteiger partial charge >= 0.3 is 5.97 Å². The van der Waals surface area contributed by atoms with E-state index in [4.69, 9.17) is 5.11 Å². The molecule has 1 heterocycles. The predicted molar refractivity (Wildman–Crippen MR) is 94.2 cm³/mol. The summed E-state index contributed by atoms with van der Waals surface area (Å²) in [7, 11) is 0. The molecule has 2 aromatic carbocycles. The molecule has 0 spiro atoms. The van der Waals surface area contributed by atoms with Gasteiger partial charge in [0.05, 0.1) is 23.0 Å². The molecule has 6 nitrogen and oxygen atoms in total. The third-order valence-electron chi connectivity index (χ3n) is 3.59. The highest BCUT2D eigenvalue weighted by Gasteiger charge is 2.11. The third kappa shape index (κ3) is 3.64. The van der Waals surface area contributed by atoms with E-state index >= 15 is 0 Å². The van der Waals surface area contributed by atoms with Gasteiger partial charge in [0.25, 0.3) is 5.91 Å². The second kappa shape index (κ2) is 7.27. The average Bonchev–Trinajstić information content (AvgIpc) is 3.16. The van der Waals surface area contributed by atoms with Crippen molar-refractivity contribution in [3.05, 3.63) is 89.7 Å². The summed E-state index contributed by atoms with van der Waals surface area (Å²) in [4.78, 5) is 23.6. The van der Waals surface area contributed by atoms with E-state index in [-0.39, 0.29) is 11.5 Å². The van der Waals surface area contributed by atoms with E-state index in [9.17, 15) is 9.59 Å². The summed E-state index contributed by atoms with van der Waals surface area (Å²) in [6.45, 7) is 0. The standard InChI is InChI=1S/C19H15N3O3/c23-18(16-9-3-4-10-17(16)22-11-5-6-12-22)21-20-13-14-7-1-2-8-15(14)19(24)25/h1-13H,(H,21,23)(H,24,25). The van der Waals surface area contributed by atoms with E-state index in [1.165, 1.54) is 12.3 Å². The Hall–Kier alpha value is -3.67. The summed E-state index contributed by atoms with van der Waals surface area (Å²) < 4.78 is 1.83. The van der Waals surface area contributed by atoms with E-state index in [2.05, 4.69) is 10.5 Å². The van der Waals surface area contributed by atoms with E-state index in [1.54, 1.807) is 30.3 Å². The maximum Gasteiger partial charge on any atom is 0.336 e. The Balaban J connectivity index is 1.80. The van der Waals surface area contributed by atoms with Crippen LogP contribution in [0.4, 0.5) is 0 Å². The third-order valence-corrected chi connectivity index (χ3v) is 3.59. The van der Waals surface area contributed by atoms with Crippen molar-refractivity contribution in [2.24, 2.45) is 5.10 Å². The lowest BCUT2D eigenvalue weighted by Gasteiger charge is -2.09. The molecule has 1 amide bonds. The first-order chi connectivity index (χ1) is 12.2. The highest BCUT2D eigenvalue weighted by Crippen LogP contribution is 2.14. The lowest BCUT2D eigenvalue weighted by Crippen LogP contribution is -2.19. The number of hydrogen-bond acceptors (Lipinski definition) is 3. The molecule has 0 saturated heterocycles. The molecule has 0 aliphatic heterocycles. The lowest BCUT2D eigenvalue weighted by molar-refractivity contribution is 0.0696. The Bertz CT molecular complexity index is 931. The van der Waals surface area contributed by atoms with Crippen LogP contribution in [0.2, 0.25) is 0 Å². The van der Waals surface area contributed by atoms with Gasteiger partial charge in [0.1, 0.15) is 0 Å². The van der Waals surface area contributed by atoms with Crippen molar-refractivity contribution >= 4 is 18.1 Å². The largest absolute Gasteiger partial charge is 0.478 e. The zero-order valence-electron chi connectivity index (χ0n) is 13.2. The molecule has 0 saturated carbocycles. The summed E-state index contributed by atoms with van der Waals surface area (Å²) in [5, 5.41) is 13.0. The van der Waals surface area contributed by atoms with Gasteiger partial charge < -0.3 is 9.67 Å². The number of rotatable bonds is 5. The number of nitrogens with one attached hydrogen (secondary N) is 1. The summed E-state index contributed by atoms with van der Waals surface area (Å²) >= 11 is 0. The Morgan fingerprint density at radius 1 is 0.920 bits per heavy atom. The van der Waals surface area contributed by atoms with E-state index in [0.717, 1.165) is 5.69 Å². The van der Waals surface area contributed by atoms with Crippen molar-refractivity contribution in [2.45, 2.75) is 0 Å². The Morgan fingerprint density at radius 2 is 1.56 bits per heavy atom. The van der Waals surface area contributed by atoms with Gasteiger partial charge in [-0.25, -0.2) is 10.2 Å². The van der Waals surface area contributed by atoms with Gasteiger partial charge in [-0.3, -0.25) is 4.79 Å². The molecule has 1 aromatic heterocycles. The smallest absolute Gasteiger partial charge is 0.336 e.